The first-order valence-corrected chi connectivity index (χ1v) is 13.4. The number of aromatic nitrogens is 5. The Labute approximate surface area is 211 Å². The van der Waals surface area contributed by atoms with Gasteiger partial charge in [0.2, 0.25) is 16.0 Å². The quantitative estimate of drug-likeness (QED) is 0.455. The zero-order chi connectivity index (χ0) is 25.9. The molecule has 0 amide bonds. The molecule has 0 bridgehead atoms. The Morgan fingerprint density at radius 2 is 1.83 bits per heavy atom. The Bertz CT molecular complexity index is 1270. The van der Waals surface area contributed by atoms with Crippen LogP contribution >= 0.6 is 0 Å². The molecule has 1 aliphatic rings. The van der Waals surface area contributed by atoms with E-state index in [-0.39, 0.29) is 11.9 Å². The van der Waals surface area contributed by atoms with Crippen LogP contribution in [-0.2, 0) is 14.8 Å². The first-order valence-electron chi connectivity index (χ1n) is 11.8. The van der Waals surface area contributed by atoms with E-state index in [2.05, 4.69) is 24.9 Å². The van der Waals surface area contributed by atoms with Crippen LogP contribution in [0.1, 0.15) is 55.7 Å². The second-order valence-electron chi connectivity index (χ2n) is 8.87. The molecule has 0 saturated carbocycles. The predicted octanol–water partition coefficient (Wildman–Crippen LogP) is 3.21. The minimum atomic E-state index is -3.91. The van der Waals surface area contributed by atoms with Crippen molar-refractivity contribution in [2.75, 3.05) is 32.2 Å². The van der Waals surface area contributed by atoms with E-state index in [0.717, 1.165) is 18.5 Å². The Kier molecular flexibility index (Phi) is 7.74. The molecule has 1 fully saturated rings. The second kappa shape index (κ2) is 10.8. The fourth-order valence-corrected chi connectivity index (χ4v) is 5.46. The summed E-state index contributed by atoms with van der Waals surface area (Å²) in [6.45, 7) is 6.41. The van der Waals surface area contributed by atoms with Gasteiger partial charge < -0.3 is 14.2 Å². The maximum absolute atomic E-state index is 13.5. The van der Waals surface area contributed by atoms with Gasteiger partial charge in [0.15, 0.2) is 0 Å². The van der Waals surface area contributed by atoms with E-state index in [0.29, 0.717) is 41.9 Å². The van der Waals surface area contributed by atoms with Gasteiger partial charge in [-0.25, -0.2) is 8.42 Å². The summed E-state index contributed by atoms with van der Waals surface area (Å²) in [7, 11) is -0.824. The molecule has 3 aromatic rings. The van der Waals surface area contributed by atoms with Crippen LogP contribution in [0.15, 0.2) is 30.6 Å². The number of hydrogen-bond acceptors (Lipinski definition) is 9. The standard InChI is InChI=1S/C24H32N6O5S/c1-15-12-26-19(13-25-15)16(2)17(3)36(31,32)29-24-28-27-23(18-8-7-11-35-14-18)30(24)22-20(33-4)9-6-10-21(22)34-5/h6,9-10,12-13,16-18H,7-8,11,14H2,1-5H3,(H,28,29)/t16-,17-,18?/m0/s1. The van der Waals surface area contributed by atoms with Crippen LogP contribution in [0.25, 0.3) is 5.69 Å². The molecule has 2 aromatic heterocycles. The molecular weight excluding hydrogens is 484 g/mol. The largest absolute Gasteiger partial charge is 0.494 e. The molecule has 1 saturated heterocycles. The highest BCUT2D eigenvalue weighted by molar-refractivity contribution is 7.93. The van der Waals surface area contributed by atoms with E-state index in [1.54, 1.807) is 56.3 Å². The number of aryl methyl sites for hydroxylation is 1. The summed E-state index contributed by atoms with van der Waals surface area (Å²) < 4.78 is 48.3. The number of sulfonamides is 1. The average molecular weight is 517 g/mol. The predicted molar refractivity (Wildman–Crippen MR) is 134 cm³/mol. The Hall–Kier alpha value is -3.25. The van der Waals surface area contributed by atoms with Crippen LogP contribution in [-0.4, -0.2) is 65.8 Å². The zero-order valence-corrected chi connectivity index (χ0v) is 21.9. The molecule has 0 aliphatic carbocycles. The molecular formula is C24H32N6O5S. The molecule has 1 aromatic carbocycles. The summed E-state index contributed by atoms with van der Waals surface area (Å²) in [5.74, 6) is 1.11. The first-order chi connectivity index (χ1) is 17.3. The van der Waals surface area contributed by atoms with E-state index < -0.39 is 21.2 Å². The van der Waals surface area contributed by atoms with E-state index in [9.17, 15) is 8.42 Å². The highest BCUT2D eigenvalue weighted by atomic mass is 32.2. The third kappa shape index (κ3) is 5.14. The lowest BCUT2D eigenvalue weighted by atomic mass is 10.0. The van der Waals surface area contributed by atoms with Crippen molar-refractivity contribution >= 4 is 16.0 Å². The van der Waals surface area contributed by atoms with Crippen molar-refractivity contribution in [2.24, 2.45) is 0 Å². The number of benzene rings is 1. The van der Waals surface area contributed by atoms with E-state index in [1.807, 2.05) is 13.8 Å². The van der Waals surface area contributed by atoms with Crippen molar-refractivity contribution in [3.63, 3.8) is 0 Å². The lowest BCUT2D eigenvalue weighted by molar-refractivity contribution is 0.0775. The van der Waals surface area contributed by atoms with Crippen molar-refractivity contribution in [1.29, 1.82) is 0 Å². The number of nitrogens with one attached hydrogen (secondary N) is 1. The van der Waals surface area contributed by atoms with Gasteiger partial charge in [-0.3, -0.25) is 19.3 Å². The maximum atomic E-state index is 13.5. The van der Waals surface area contributed by atoms with Gasteiger partial charge in [-0.05, 0) is 38.8 Å². The lowest BCUT2D eigenvalue weighted by Crippen LogP contribution is -2.31. The second-order valence-corrected chi connectivity index (χ2v) is 10.9. The number of ether oxygens (including phenoxy) is 3. The van der Waals surface area contributed by atoms with Crippen molar-refractivity contribution in [1.82, 2.24) is 24.7 Å². The topological polar surface area (TPSA) is 130 Å². The minimum Gasteiger partial charge on any atom is -0.494 e. The van der Waals surface area contributed by atoms with Crippen LogP contribution in [0.3, 0.4) is 0 Å². The van der Waals surface area contributed by atoms with Crippen LogP contribution in [0.2, 0.25) is 0 Å². The molecule has 36 heavy (non-hydrogen) atoms. The molecule has 3 heterocycles. The molecule has 0 radical (unpaired) electrons. The number of hydrogen-bond donors (Lipinski definition) is 1. The zero-order valence-electron chi connectivity index (χ0n) is 21.1. The number of nitrogens with zero attached hydrogens (tertiary/aromatic N) is 5. The summed E-state index contributed by atoms with van der Waals surface area (Å²) in [6, 6.07) is 5.35. The SMILES string of the molecule is COc1cccc(OC)c1-n1c(NS(=O)(=O)[C@@H](C)[C@H](C)c2cnc(C)cn2)nnc1C1CCCOC1. The highest BCUT2D eigenvalue weighted by Gasteiger charge is 2.33. The van der Waals surface area contributed by atoms with Gasteiger partial charge in [0, 0.05) is 30.8 Å². The van der Waals surface area contributed by atoms with Crippen LogP contribution < -0.4 is 14.2 Å². The number of rotatable bonds is 9. The van der Waals surface area contributed by atoms with Crippen molar-refractivity contribution in [3.8, 4) is 17.2 Å². The Balaban J connectivity index is 1.77. The molecule has 1 aliphatic heterocycles. The van der Waals surface area contributed by atoms with Gasteiger partial charge in [-0.15, -0.1) is 10.2 Å². The number of para-hydroxylation sites is 1. The molecule has 194 valence electrons. The van der Waals surface area contributed by atoms with Gasteiger partial charge in [-0.1, -0.05) is 13.0 Å². The van der Waals surface area contributed by atoms with Crippen LogP contribution in [0.4, 0.5) is 5.95 Å². The van der Waals surface area contributed by atoms with E-state index >= 15 is 0 Å². The van der Waals surface area contributed by atoms with Crippen molar-refractivity contribution < 1.29 is 22.6 Å². The van der Waals surface area contributed by atoms with Gasteiger partial charge in [0.05, 0.1) is 37.5 Å². The Morgan fingerprint density at radius 1 is 1.11 bits per heavy atom. The van der Waals surface area contributed by atoms with Gasteiger partial charge in [-0.2, -0.15) is 0 Å². The minimum absolute atomic E-state index is 0.0485. The first kappa shape index (κ1) is 25.8. The summed E-state index contributed by atoms with van der Waals surface area (Å²) in [4.78, 5) is 8.61. The normalized spacial score (nSPS) is 17.9. The highest BCUT2D eigenvalue weighted by Crippen LogP contribution is 2.38. The molecule has 3 atom stereocenters. The lowest BCUT2D eigenvalue weighted by Gasteiger charge is -2.24. The van der Waals surface area contributed by atoms with Crippen molar-refractivity contribution in [2.45, 2.75) is 50.7 Å². The molecule has 1 unspecified atom stereocenters. The number of anilines is 1. The fraction of sp³-hybridized carbons (Fsp3) is 0.500. The molecule has 11 nitrogen and oxygen atoms in total. The third-order valence-electron chi connectivity index (χ3n) is 6.53. The van der Waals surface area contributed by atoms with Gasteiger partial charge >= 0.3 is 0 Å². The van der Waals surface area contributed by atoms with E-state index in [4.69, 9.17) is 14.2 Å². The number of methoxy groups -OCH3 is 2. The van der Waals surface area contributed by atoms with E-state index in [1.165, 1.54) is 0 Å². The maximum Gasteiger partial charge on any atom is 0.243 e. The summed E-state index contributed by atoms with van der Waals surface area (Å²) in [6.07, 6.45) is 4.94. The average Bonchev–Trinajstić information content (AvgIpc) is 3.30. The van der Waals surface area contributed by atoms with Crippen molar-refractivity contribution in [3.05, 3.63) is 47.8 Å². The smallest absolute Gasteiger partial charge is 0.243 e. The van der Waals surface area contributed by atoms with Crippen LogP contribution in [0.5, 0.6) is 11.5 Å². The molecule has 0 spiro atoms. The van der Waals surface area contributed by atoms with Gasteiger partial charge in [0.25, 0.3) is 0 Å². The molecule has 12 heteroatoms. The molecule has 1 N–H and O–H groups in total. The molecule has 4 rings (SSSR count). The summed E-state index contributed by atoms with van der Waals surface area (Å²) in [5.41, 5.74) is 1.86. The van der Waals surface area contributed by atoms with Gasteiger partial charge in [0.1, 0.15) is 23.0 Å². The third-order valence-corrected chi connectivity index (χ3v) is 8.39. The fourth-order valence-electron chi connectivity index (χ4n) is 4.21. The van der Waals surface area contributed by atoms with Crippen LogP contribution in [0, 0.1) is 6.92 Å². The summed E-state index contributed by atoms with van der Waals surface area (Å²) in [5, 5.41) is 7.82. The summed E-state index contributed by atoms with van der Waals surface area (Å²) >= 11 is 0. The monoisotopic (exact) mass is 516 g/mol. The Morgan fingerprint density at radius 3 is 2.42 bits per heavy atom.